The molecular formula is C13H11ClN4O2. The fraction of sp³-hybridized carbons (Fsp3) is 0.154. The smallest absolute Gasteiger partial charge is 0.332 e. The number of hydrogen-bond donors (Lipinski definition) is 1. The number of ether oxygens (including phenoxy) is 1. The van der Waals surface area contributed by atoms with Crippen LogP contribution in [-0.2, 0) is 9.53 Å². The molecule has 1 N–H and O–H groups in total. The van der Waals surface area contributed by atoms with Crippen LogP contribution in [0.2, 0.25) is 5.02 Å². The predicted octanol–water partition coefficient (Wildman–Crippen LogP) is 2.25. The fourth-order valence-corrected chi connectivity index (χ4v) is 2.19. The zero-order chi connectivity index (χ0) is 14.1. The Balaban J connectivity index is 2.08. The van der Waals surface area contributed by atoms with Gasteiger partial charge in [0.2, 0.25) is 0 Å². The zero-order valence-corrected chi connectivity index (χ0v) is 11.4. The van der Waals surface area contributed by atoms with Crippen LogP contribution in [0.15, 0.2) is 30.6 Å². The van der Waals surface area contributed by atoms with Crippen molar-refractivity contribution in [2.75, 3.05) is 11.9 Å². The molecule has 1 aromatic carbocycles. The number of halogens is 1. The monoisotopic (exact) mass is 290 g/mol. The second-order valence-corrected chi connectivity index (χ2v) is 4.56. The number of fused-ring (bicyclic) bond motifs is 3. The van der Waals surface area contributed by atoms with Crippen LogP contribution in [0.3, 0.4) is 0 Å². The minimum absolute atomic E-state index is 0.317. The minimum Gasteiger partial charge on any atom is -0.463 e. The van der Waals surface area contributed by atoms with E-state index in [2.05, 4.69) is 15.5 Å². The van der Waals surface area contributed by atoms with Gasteiger partial charge >= 0.3 is 5.97 Å². The lowest BCUT2D eigenvalue weighted by atomic mass is 10.2. The Kier molecular flexibility index (Phi) is 3.15. The van der Waals surface area contributed by atoms with Crippen LogP contribution >= 0.6 is 11.6 Å². The molecule has 0 atom stereocenters. The lowest BCUT2D eigenvalue weighted by Crippen LogP contribution is -2.16. The highest BCUT2D eigenvalue weighted by Gasteiger charge is 2.22. The van der Waals surface area contributed by atoms with Gasteiger partial charge in [-0.25, -0.2) is 4.79 Å². The second-order valence-electron chi connectivity index (χ2n) is 4.12. The molecule has 1 aliphatic heterocycles. The topological polar surface area (TPSA) is 69.0 Å². The lowest BCUT2D eigenvalue weighted by molar-refractivity contribution is -0.137. The highest BCUT2D eigenvalue weighted by atomic mass is 35.5. The van der Waals surface area contributed by atoms with E-state index >= 15 is 0 Å². The maximum absolute atomic E-state index is 11.6. The van der Waals surface area contributed by atoms with Crippen molar-refractivity contribution >= 4 is 29.0 Å². The molecule has 2 heterocycles. The van der Waals surface area contributed by atoms with E-state index in [0.717, 1.165) is 11.4 Å². The first-order valence-corrected chi connectivity index (χ1v) is 6.42. The third-order valence-electron chi connectivity index (χ3n) is 2.82. The van der Waals surface area contributed by atoms with E-state index in [0.29, 0.717) is 23.2 Å². The van der Waals surface area contributed by atoms with Gasteiger partial charge in [0.15, 0.2) is 5.82 Å². The maximum atomic E-state index is 11.6. The zero-order valence-electron chi connectivity index (χ0n) is 10.6. The quantitative estimate of drug-likeness (QED) is 0.678. The van der Waals surface area contributed by atoms with Gasteiger partial charge < -0.3 is 10.1 Å². The van der Waals surface area contributed by atoms with E-state index in [9.17, 15) is 4.79 Å². The lowest BCUT2D eigenvalue weighted by Gasteiger charge is -2.21. The standard InChI is InChI=1S/C13H11ClN4O2/c1-2-20-12(19)6-10-13-17-15-7-18(13)11-4-3-8(14)5-9(11)16-10/h3-7,16H,2H2,1H3/b10-6-. The SMILES string of the molecule is CCOC(=O)/C=C1\Nc2cc(Cl)ccc2-n2cnnc21. The van der Waals surface area contributed by atoms with Crippen molar-refractivity contribution in [1.82, 2.24) is 14.8 Å². The molecule has 0 fully saturated rings. The van der Waals surface area contributed by atoms with E-state index in [1.54, 1.807) is 30.0 Å². The molecule has 0 radical (unpaired) electrons. The summed E-state index contributed by atoms with van der Waals surface area (Å²) in [6, 6.07) is 5.42. The second kappa shape index (κ2) is 4.97. The summed E-state index contributed by atoms with van der Waals surface area (Å²) in [5, 5.41) is 11.6. The summed E-state index contributed by atoms with van der Waals surface area (Å²) in [5.41, 5.74) is 2.17. The molecule has 0 saturated heterocycles. The van der Waals surface area contributed by atoms with Crippen LogP contribution in [0.25, 0.3) is 11.4 Å². The Bertz CT molecular complexity index is 708. The fourth-order valence-electron chi connectivity index (χ4n) is 2.02. The first-order valence-electron chi connectivity index (χ1n) is 6.05. The normalized spacial score (nSPS) is 14.4. The first kappa shape index (κ1) is 12.7. The van der Waals surface area contributed by atoms with Gasteiger partial charge in [-0.1, -0.05) is 11.6 Å². The number of hydrogen-bond acceptors (Lipinski definition) is 5. The average molecular weight is 291 g/mol. The van der Waals surface area contributed by atoms with Gasteiger partial charge in [0.1, 0.15) is 6.33 Å². The van der Waals surface area contributed by atoms with Gasteiger partial charge in [0.25, 0.3) is 0 Å². The molecule has 20 heavy (non-hydrogen) atoms. The Labute approximate surface area is 120 Å². The number of aromatic nitrogens is 3. The molecule has 0 bridgehead atoms. The van der Waals surface area contributed by atoms with Gasteiger partial charge in [0.05, 0.1) is 29.8 Å². The number of benzene rings is 1. The van der Waals surface area contributed by atoms with Crippen LogP contribution in [0.1, 0.15) is 12.7 Å². The number of anilines is 1. The molecule has 6 nitrogen and oxygen atoms in total. The highest BCUT2D eigenvalue weighted by Crippen LogP contribution is 2.33. The summed E-state index contributed by atoms with van der Waals surface area (Å²) in [6.45, 7) is 2.07. The Hall–Kier alpha value is -2.34. The van der Waals surface area contributed by atoms with Crippen LogP contribution in [0.5, 0.6) is 0 Å². The molecule has 0 unspecified atom stereocenters. The minimum atomic E-state index is -0.435. The van der Waals surface area contributed by atoms with E-state index in [1.807, 2.05) is 6.07 Å². The van der Waals surface area contributed by atoms with Gasteiger partial charge in [-0.05, 0) is 25.1 Å². The van der Waals surface area contributed by atoms with Crippen LogP contribution in [0.4, 0.5) is 5.69 Å². The first-order chi connectivity index (χ1) is 9.69. The van der Waals surface area contributed by atoms with Crippen molar-refractivity contribution in [3.63, 3.8) is 0 Å². The van der Waals surface area contributed by atoms with E-state index in [-0.39, 0.29) is 0 Å². The van der Waals surface area contributed by atoms with Crippen LogP contribution < -0.4 is 5.32 Å². The Morgan fingerprint density at radius 1 is 1.55 bits per heavy atom. The maximum Gasteiger partial charge on any atom is 0.332 e. The molecule has 2 aromatic rings. The highest BCUT2D eigenvalue weighted by molar-refractivity contribution is 6.31. The van der Waals surface area contributed by atoms with Gasteiger partial charge in [-0.15, -0.1) is 10.2 Å². The molecule has 102 valence electrons. The van der Waals surface area contributed by atoms with E-state index in [4.69, 9.17) is 16.3 Å². The summed E-state index contributed by atoms with van der Waals surface area (Å²) < 4.78 is 6.69. The molecule has 1 aliphatic rings. The molecule has 1 aromatic heterocycles. The molecular weight excluding hydrogens is 280 g/mol. The number of rotatable bonds is 2. The van der Waals surface area contributed by atoms with Gasteiger partial charge in [-0.2, -0.15) is 0 Å². The molecule has 3 rings (SSSR count). The van der Waals surface area contributed by atoms with Crippen LogP contribution in [0, 0.1) is 0 Å². The number of carbonyl (C=O) groups is 1. The van der Waals surface area contributed by atoms with Crippen molar-refractivity contribution in [3.05, 3.63) is 41.4 Å². The summed E-state index contributed by atoms with van der Waals surface area (Å²) in [6.07, 6.45) is 2.94. The largest absolute Gasteiger partial charge is 0.463 e. The molecule has 0 spiro atoms. The van der Waals surface area contributed by atoms with Crippen molar-refractivity contribution in [2.24, 2.45) is 0 Å². The van der Waals surface area contributed by atoms with E-state index in [1.165, 1.54) is 6.08 Å². The molecule has 7 heteroatoms. The van der Waals surface area contributed by atoms with Crippen LogP contribution in [-0.4, -0.2) is 27.3 Å². The summed E-state index contributed by atoms with van der Waals surface area (Å²) in [5.74, 6) is 0.114. The van der Waals surface area contributed by atoms with Gasteiger partial charge in [0, 0.05) is 5.02 Å². The predicted molar refractivity (Wildman–Crippen MR) is 74.6 cm³/mol. The molecule has 0 saturated carbocycles. The van der Waals surface area contributed by atoms with Gasteiger partial charge in [-0.3, -0.25) is 4.57 Å². The number of esters is 1. The Morgan fingerprint density at radius 3 is 3.20 bits per heavy atom. The number of nitrogens with zero attached hydrogens (tertiary/aromatic N) is 3. The summed E-state index contributed by atoms with van der Waals surface area (Å²) >= 11 is 5.99. The number of nitrogens with one attached hydrogen (secondary N) is 1. The third kappa shape index (κ3) is 2.14. The van der Waals surface area contributed by atoms with Crippen molar-refractivity contribution in [1.29, 1.82) is 0 Å². The van der Waals surface area contributed by atoms with Crippen molar-refractivity contribution in [3.8, 4) is 5.69 Å². The summed E-state index contributed by atoms with van der Waals surface area (Å²) in [4.78, 5) is 11.6. The Morgan fingerprint density at radius 2 is 2.40 bits per heavy atom. The summed E-state index contributed by atoms with van der Waals surface area (Å²) in [7, 11) is 0. The third-order valence-corrected chi connectivity index (χ3v) is 3.06. The van der Waals surface area contributed by atoms with E-state index < -0.39 is 5.97 Å². The molecule has 0 amide bonds. The number of carbonyl (C=O) groups excluding carboxylic acids is 1. The van der Waals surface area contributed by atoms with Crippen molar-refractivity contribution < 1.29 is 9.53 Å². The van der Waals surface area contributed by atoms with Crippen molar-refractivity contribution in [2.45, 2.75) is 6.92 Å². The molecule has 0 aliphatic carbocycles. The average Bonchev–Trinajstić information content (AvgIpc) is 2.88.